The largest absolute Gasteiger partial charge is 0.492 e. The van der Waals surface area contributed by atoms with E-state index in [0.717, 1.165) is 27.7 Å². The minimum atomic E-state index is -0.355. The molecule has 0 atom stereocenters. The molecule has 0 saturated heterocycles. The average molecular weight is 273 g/mol. The zero-order valence-electron chi connectivity index (χ0n) is 10.4. The van der Waals surface area contributed by atoms with Gasteiger partial charge in [-0.15, -0.1) is 0 Å². The number of nitrogens with two attached hydrogens (primary N) is 1. The lowest BCUT2D eigenvalue weighted by atomic mass is 10.1. The topological polar surface area (TPSA) is 88.6 Å². The van der Waals surface area contributed by atoms with Gasteiger partial charge in [-0.05, 0) is 25.0 Å². The van der Waals surface area contributed by atoms with E-state index in [2.05, 4.69) is 9.98 Å². The van der Waals surface area contributed by atoms with Crippen LogP contribution in [0.2, 0.25) is 0 Å². The molecule has 0 unspecified atom stereocenters. The first-order valence-electron chi connectivity index (χ1n) is 5.68. The third-order valence-electron chi connectivity index (χ3n) is 3.12. The number of carbonyl (C=O) groups is 1. The SMILES string of the molecule is Cc1ccc(C)c2c1=NC(=O)C=2c1sc(N)nc1O. The lowest BCUT2D eigenvalue weighted by molar-refractivity contribution is -0.112. The summed E-state index contributed by atoms with van der Waals surface area (Å²) in [5.41, 5.74) is 7.84. The van der Waals surface area contributed by atoms with E-state index >= 15 is 0 Å². The molecule has 2 aromatic rings. The van der Waals surface area contributed by atoms with Gasteiger partial charge in [-0.3, -0.25) is 4.79 Å². The quantitative estimate of drug-likeness (QED) is 0.787. The fourth-order valence-electron chi connectivity index (χ4n) is 2.22. The number of nitrogens with zero attached hydrogens (tertiary/aromatic N) is 2. The summed E-state index contributed by atoms with van der Waals surface area (Å²) in [4.78, 5) is 20.3. The number of nitrogen functional groups attached to an aromatic ring is 1. The Kier molecular flexibility index (Phi) is 2.43. The fraction of sp³-hybridized carbons (Fsp3) is 0.154. The molecule has 5 nitrogen and oxygen atoms in total. The Morgan fingerprint density at radius 1 is 1.26 bits per heavy atom. The Balaban J connectivity index is 2.49. The van der Waals surface area contributed by atoms with Crippen LogP contribution in [0.4, 0.5) is 5.13 Å². The monoisotopic (exact) mass is 273 g/mol. The third-order valence-corrected chi connectivity index (χ3v) is 4.01. The number of rotatable bonds is 1. The van der Waals surface area contributed by atoms with Crippen LogP contribution in [0, 0.1) is 13.8 Å². The van der Waals surface area contributed by atoms with E-state index in [9.17, 15) is 9.90 Å². The number of fused-ring (bicyclic) bond motifs is 1. The highest BCUT2D eigenvalue weighted by molar-refractivity contribution is 7.17. The van der Waals surface area contributed by atoms with E-state index in [1.807, 2.05) is 26.0 Å². The normalized spacial score (nSPS) is 13.6. The molecule has 3 N–H and O–H groups in total. The number of carbonyl (C=O) groups excluding carboxylic acids is 1. The van der Waals surface area contributed by atoms with Crippen LogP contribution in [0.3, 0.4) is 0 Å². The van der Waals surface area contributed by atoms with Crippen molar-refractivity contribution in [1.29, 1.82) is 0 Å². The van der Waals surface area contributed by atoms with Crippen molar-refractivity contribution in [1.82, 2.24) is 4.98 Å². The highest BCUT2D eigenvalue weighted by atomic mass is 32.1. The zero-order valence-corrected chi connectivity index (χ0v) is 11.2. The van der Waals surface area contributed by atoms with Crippen molar-refractivity contribution >= 4 is 27.9 Å². The number of anilines is 1. The first-order valence-corrected chi connectivity index (χ1v) is 6.50. The Labute approximate surface area is 112 Å². The molecule has 19 heavy (non-hydrogen) atoms. The minimum Gasteiger partial charge on any atom is -0.492 e. The van der Waals surface area contributed by atoms with E-state index in [1.165, 1.54) is 0 Å². The molecule has 0 aliphatic carbocycles. The van der Waals surface area contributed by atoms with Gasteiger partial charge in [0.05, 0.1) is 10.9 Å². The van der Waals surface area contributed by atoms with E-state index in [4.69, 9.17) is 5.73 Å². The van der Waals surface area contributed by atoms with Crippen LogP contribution in [0.25, 0.3) is 5.57 Å². The number of hydrogen-bond donors (Lipinski definition) is 2. The summed E-state index contributed by atoms with van der Waals surface area (Å²) < 4.78 is 0. The number of amides is 1. The van der Waals surface area contributed by atoms with E-state index in [-0.39, 0.29) is 16.9 Å². The molecule has 0 bridgehead atoms. The van der Waals surface area contributed by atoms with E-state index in [0.29, 0.717) is 15.8 Å². The Morgan fingerprint density at radius 2 is 1.95 bits per heavy atom. The second-order valence-electron chi connectivity index (χ2n) is 4.42. The second-order valence-corrected chi connectivity index (χ2v) is 5.45. The van der Waals surface area contributed by atoms with Crippen LogP contribution in [0.1, 0.15) is 16.0 Å². The maximum atomic E-state index is 12.1. The molecular weight excluding hydrogens is 262 g/mol. The summed E-state index contributed by atoms with van der Waals surface area (Å²) in [6.45, 7) is 3.81. The molecule has 0 radical (unpaired) electrons. The molecule has 0 spiro atoms. The van der Waals surface area contributed by atoms with Crippen LogP contribution >= 0.6 is 11.3 Å². The number of benzene rings is 1. The molecule has 0 saturated carbocycles. The number of aromatic hydroxyl groups is 1. The van der Waals surface area contributed by atoms with Crippen molar-refractivity contribution < 1.29 is 9.90 Å². The summed E-state index contributed by atoms with van der Waals surface area (Å²) in [6, 6.07) is 3.86. The van der Waals surface area contributed by atoms with Gasteiger partial charge in [-0.1, -0.05) is 23.5 Å². The van der Waals surface area contributed by atoms with Crippen LogP contribution in [-0.4, -0.2) is 16.0 Å². The molecule has 2 heterocycles. The van der Waals surface area contributed by atoms with Crippen LogP contribution in [-0.2, 0) is 4.79 Å². The lowest BCUT2D eigenvalue weighted by Gasteiger charge is -1.99. The molecule has 96 valence electrons. The first kappa shape index (κ1) is 11.9. The molecule has 1 aromatic heterocycles. The highest BCUT2D eigenvalue weighted by Crippen LogP contribution is 2.32. The van der Waals surface area contributed by atoms with Gasteiger partial charge in [-0.2, -0.15) is 4.98 Å². The average Bonchev–Trinajstić information content (AvgIpc) is 2.84. The minimum absolute atomic E-state index is 0.213. The predicted molar refractivity (Wildman–Crippen MR) is 72.4 cm³/mol. The van der Waals surface area contributed by atoms with Crippen LogP contribution < -0.4 is 16.3 Å². The van der Waals surface area contributed by atoms with Gasteiger partial charge in [0, 0.05) is 5.22 Å². The smallest absolute Gasteiger partial charge is 0.279 e. The molecule has 3 rings (SSSR count). The molecule has 1 amide bonds. The molecule has 1 aliphatic heterocycles. The first-order chi connectivity index (χ1) is 8.99. The van der Waals surface area contributed by atoms with Crippen molar-refractivity contribution in [3.8, 4) is 5.88 Å². The highest BCUT2D eigenvalue weighted by Gasteiger charge is 2.25. The predicted octanol–water partition coefficient (Wildman–Crippen LogP) is 0.407. The van der Waals surface area contributed by atoms with Crippen molar-refractivity contribution in [3.05, 3.63) is 38.7 Å². The molecule has 1 aromatic carbocycles. The summed E-state index contributed by atoms with van der Waals surface area (Å²) in [7, 11) is 0. The van der Waals surface area contributed by atoms with Crippen molar-refractivity contribution in [2.45, 2.75) is 13.8 Å². The van der Waals surface area contributed by atoms with Gasteiger partial charge in [0.25, 0.3) is 5.91 Å². The van der Waals surface area contributed by atoms with Gasteiger partial charge in [0.15, 0.2) is 5.13 Å². The van der Waals surface area contributed by atoms with Gasteiger partial charge in [0.2, 0.25) is 5.88 Å². The van der Waals surface area contributed by atoms with E-state index < -0.39 is 0 Å². The molecule has 1 aliphatic rings. The number of aromatic nitrogens is 1. The Hall–Kier alpha value is -2.21. The number of thiazole rings is 1. The Morgan fingerprint density at radius 3 is 2.58 bits per heavy atom. The number of aryl methyl sites for hydroxylation is 2. The summed E-state index contributed by atoms with van der Waals surface area (Å²) in [5, 5.41) is 11.5. The van der Waals surface area contributed by atoms with Gasteiger partial charge >= 0.3 is 0 Å². The summed E-state index contributed by atoms with van der Waals surface area (Å²) in [6.07, 6.45) is 0. The summed E-state index contributed by atoms with van der Waals surface area (Å²) in [5.74, 6) is -0.568. The molecule has 0 fully saturated rings. The van der Waals surface area contributed by atoms with Crippen LogP contribution in [0.15, 0.2) is 17.1 Å². The second kappa shape index (κ2) is 3.89. The fourth-order valence-corrected chi connectivity index (χ4v) is 2.99. The summed E-state index contributed by atoms with van der Waals surface area (Å²) >= 11 is 1.09. The van der Waals surface area contributed by atoms with Gasteiger partial charge in [-0.25, -0.2) is 4.99 Å². The third kappa shape index (κ3) is 1.64. The number of hydrogen-bond acceptors (Lipinski definition) is 5. The standard InChI is InChI=1S/C13H11N3O2S/c1-5-3-4-6(2)9-7(5)8(11(17)15-9)10-12(18)16-13(14)19-10/h3-4,18H,1-2H3,(H2,14,16). The van der Waals surface area contributed by atoms with Gasteiger partial charge < -0.3 is 10.8 Å². The van der Waals surface area contributed by atoms with Crippen LogP contribution in [0.5, 0.6) is 5.88 Å². The maximum absolute atomic E-state index is 12.1. The van der Waals surface area contributed by atoms with Crippen molar-refractivity contribution in [2.75, 3.05) is 5.73 Å². The molecule has 6 heteroatoms. The molecular formula is C13H11N3O2S. The lowest BCUT2D eigenvalue weighted by Crippen LogP contribution is -2.28. The Bertz CT molecular complexity index is 836. The van der Waals surface area contributed by atoms with Crippen molar-refractivity contribution in [3.63, 3.8) is 0 Å². The van der Waals surface area contributed by atoms with E-state index in [1.54, 1.807) is 0 Å². The maximum Gasteiger partial charge on any atom is 0.279 e. The van der Waals surface area contributed by atoms with Gasteiger partial charge in [0.1, 0.15) is 4.88 Å². The van der Waals surface area contributed by atoms with Crippen molar-refractivity contribution in [2.24, 2.45) is 4.99 Å². The zero-order chi connectivity index (χ0) is 13.7.